The van der Waals surface area contributed by atoms with E-state index in [4.69, 9.17) is 21.1 Å². The summed E-state index contributed by atoms with van der Waals surface area (Å²) in [5.41, 5.74) is 1.14. The van der Waals surface area contributed by atoms with Crippen LogP contribution in [0.2, 0.25) is 5.02 Å². The number of nitrogens with one attached hydrogen (secondary N) is 1. The predicted molar refractivity (Wildman–Crippen MR) is 130 cm³/mol. The SMILES string of the molecule is Cl.Fc1cc(Cl)ccc1NCOc1ncnc2cc(SCCCN3CCOCC3)ccc12. The van der Waals surface area contributed by atoms with Crippen molar-refractivity contribution < 1.29 is 13.9 Å². The van der Waals surface area contributed by atoms with Crippen molar-refractivity contribution in [3.8, 4) is 5.88 Å². The second-order valence-electron chi connectivity index (χ2n) is 7.10. The molecule has 3 aromatic rings. The van der Waals surface area contributed by atoms with Gasteiger partial charge in [-0.2, -0.15) is 0 Å². The van der Waals surface area contributed by atoms with Crippen LogP contribution in [0.5, 0.6) is 5.88 Å². The number of rotatable bonds is 9. The molecule has 0 unspecified atom stereocenters. The van der Waals surface area contributed by atoms with E-state index < -0.39 is 5.82 Å². The maximum atomic E-state index is 13.9. The van der Waals surface area contributed by atoms with E-state index in [1.54, 1.807) is 12.1 Å². The van der Waals surface area contributed by atoms with Gasteiger partial charge in [0.25, 0.3) is 0 Å². The van der Waals surface area contributed by atoms with E-state index in [0.29, 0.717) is 16.6 Å². The molecule has 0 saturated carbocycles. The van der Waals surface area contributed by atoms with Crippen LogP contribution in [0, 0.1) is 5.82 Å². The van der Waals surface area contributed by atoms with Crippen LogP contribution in [0.25, 0.3) is 10.9 Å². The van der Waals surface area contributed by atoms with E-state index in [1.165, 1.54) is 17.3 Å². The van der Waals surface area contributed by atoms with Crippen LogP contribution in [0.4, 0.5) is 10.1 Å². The van der Waals surface area contributed by atoms with Crippen LogP contribution < -0.4 is 10.1 Å². The van der Waals surface area contributed by atoms with Gasteiger partial charge in [0.2, 0.25) is 5.88 Å². The lowest BCUT2D eigenvalue weighted by Gasteiger charge is -2.26. The number of fused-ring (bicyclic) bond motifs is 1. The molecule has 0 atom stereocenters. The molecule has 1 fully saturated rings. The standard InChI is InChI=1S/C22H24ClFN4O2S.ClH/c23-16-2-5-20(19(24)12-16)27-15-30-22-18-4-3-17(13-21(18)25-14-26-22)31-11-1-6-28-7-9-29-10-8-28;/h2-5,12-14,27H,1,6-11,15H2;1H. The first-order chi connectivity index (χ1) is 15.2. The van der Waals surface area contributed by atoms with Crippen molar-refractivity contribution in [2.75, 3.05) is 50.6 Å². The third kappa shape index (κ3) is 6.83. The quantitative estimate of drug-likeness (QED) is 0.250. The fourth-order valence-corrected chi connectivity index (χ4v) is 4.36. The Morgan fingerprint density at radius 2 is 2.00 bits per heavy atom. The second kappa shape index (κ2) is 12.4. The van der Waals surface area contributed by atoms with E-state index in [0.717, 1.165) is 55.9 Å². The number of benzene rings is 2. The molecule has 0 aliphatic carbocycles. The number of ether oxygens (including phenoxy) is 2. The van der Waals surface area contributed by atoms with Gasteiger partial charge in [-0.05, 0) is 55.1 Å². The summed E-state index contributed by atoms with van der Waals surface area (Å²) in [6, 6.07) is 10.5. The van der Waals surface area contributed by atoms with Crippen molar-refractivity contribution in [1.29, 1.82) is 0 Å². The Hall–Kier alpha value is -1.84. The Bertz CT molecular complexity index is 1020. The molecular formula is C22H25Cl2FN4O2S. The van der Waals surface area contributed by atoms with E-state index in [1.807, 2.05) is 17.8 Å². The van der Waals surface area contributed by atoms with Gasteiger partial charge >= 0.3 is 0 Å². The Morgan fingerprint density at radius 3 is 2.81 bits per heavy atom. The van der Waals surface area contributed by atoms with E-state index >= 15 is 0 Å². The summed E-state index contributed by atoms with van der Waals surface area (Å²) in [6.07, 6.45) is 2.61. The van der Waals surface area contributed by atoms with Crippen molar-refractivity contribution in [3.05, 3.63) is 53.6 Å². The lowest BCUT2D eigenvalue weighted by atomic mass is 10.2. The van der Waals surface area contributed by atoms with Gasteiger partial charge in [-0.25, -0.2) is 14.4 Å². The van der Waals surface area contributed by atoms with Crippen molar-refractivity contribution in [3.63, 3.8) is 0 Å². The van der Waals surface area contributed by atoms with Gasteiger partial charge in [0, 0.05) is 23.0 Å². The molecule has 1 saturated heterocycles. The molecule has 32 heavy (non-hydrogen) atoms. The highest BCUT2D eigenvalue weighted by atomic mass is 35.5. The van der Waals surface area contributed by atoms with E-state index in [2.05, 4.69) is 32.3 Å². The molecule has 0 amide bonds. The minimum absolute atomic E-state index is 0. The summed E-state index contributed by atoms with van der Waals surface area (Å²) in [6.45, 7) is 4.91. The van der Waals surface area contributed by atoms with E-state index in [9.17, 15) is 4.39 Å². The summed E-state index contributed by atoms with van der Waals surface area (Å²) in [5, 5.41) is 4.06. The summed E-state index contributed by atoms with van der Waals surface area (Å²) in [4.78, 5) is 12.2. The molecule has 172 valence electrons. The maximum Gasteiger partial charge on any atom is 0.226 e. The average molecular weight is 499 g/mol. The maximum absolute atomic E-state index is 13.9. The molecule has 2 aromatic carbocycles. The lowest BCUT2D eigenvalue weighted by molar-refractivity contribution is 0.0381. The molecule has 0 bridgehead atoms. The van der Waals surface area contributed by atoms with Crippen molar-refractivity contribution >= 4 is 52.4 Å². The van der Waals surface area contributed by atoms with E-state index in [-0.39, 0.29) is 19.1 Å². The first-order valence-electron chi connectivity index (χ1n) is 10.2. The van der Waals surface area contributed by atoms with Gasteiger partial charge in [0.15, 0.2) is 6.73 Å². The van der Waals surface area contributed by atoms with Gasteiger partial charge in [-0.15, -0.1) is 24.2 Å². The summed E-state index contributed by atoms with van der Waals surface area (Å²) in [7, 11) is 0. The van der Waals surface area contributed by atoms with Crippen molar-refractivity contribution in [1.82, 2.24) is 14.9 Å². The number of halogens is 3. The zero-order valence-corrected chi connectivity index (χ0v) is 19.8. The molecule has 4 rings (SSSR count). The van der Waals surface area contributed by atoms with Crippen molar-refractivity contribution in [2.45, 2.75) is 11.3 Å². The smallest absolute Gasteiger partial charge is 0.226 e. The van der Waals surface area contributed by atoms with Gasteiger partial charge < -0.3 is 14.8 Å². The fourth-order valence-electron chi connectivity index (χ4n) is 3.33. The third-order valence-corrected chi connectivity index (χ3v) is 6.28. The molecular weight excluding hydrogens is 474 g/mol. The molecule has 1 aromatic heterocycles. The molecule has 1 aliphatic heterocycles. The fraction of sp³-hybridized carbons (Fsp3) is 0.364. The predicted octanol–water partition coefficient (Wildman–Crippen LogP) is 5.11. The summed E-state index contributed by atoms with van der Waals surface area (Å²) >= 11 is 7.60. The Balaban J connectivity index is 0.00000289. The molecule has 2 heterocycles. The average Bonchev–Trinajstić information content (AvgIpc) is 2.79. The number of hydrogen-bond donors (Lipinski definition) is 1. The van der Waals surface area contributed by atoms with Crippen LogP contribution in [0.1, 0.15) is 6.42 Å². The topological polar surface area (TPSA) is 59.5 Å². The first kappa shape index (κ1) is 24.8. The lowest BCUT2D eigenvalue weighted by Crippen LogP contribution is -2.36. The molecule has 0 radical (unpaired) electrons. The highest BCUT2D eigenvalue weighted by Gasteiger charge is 2.10. The number of anilines is 1. The van der Waals surface area contributed by atoms with Gasteiger partial charge in [-0.1, -0.05) is 11.6 Å². The number of aromatic nitrogens is 2. The van der Waals surface area contributed by atoms with Gasteiger partial charge in [0.1, 0.15) is 12.1 Å². The van der Waals surface area contributed by atoms with Crippen LogP contribution in [-0.4, -0.2) is 60.2 Å². The first-order valence-corrected chi connectivity index (χ1v) is 11.5. The molecule has 1 N–H and O–H groups in total. The monoisotopic (exact) mass is 498 g/mol. The minimum Gasteiger partial charge on any atom is -0.456 e. The highest BCUT2D eigenvalue weighted by molar-refractivity contribution is 7.99. The van der Waals surface area contributed by atoms with Crippen LogP contribution in [0.3, 0.4) is 0 Å². The minimum atomic E-state index is -0.432. The summed E-state index contributed by atoms with van der Waals surface area (Å²) in [5.74, 6) is 1.07. The molecule has 0 spiro atoms. The Kier molecular flexibility index (Phi) is 9.62. The largest absolute Gasteiger partial charge is 0.456 e. The van der Waals surface area contributed by atoms with Gasteiger partial charge in [-0.3, -0.25) is 4.90 Å². The number of morpholine rings is 1. The molecule has 6 nitrogen and oxygen atoms in total. The Labute approximate surface area is 202 Å². The Morgan fingerprint density at radius 1 is 1.16 bits per heavy atom. The zero-order valence-electron chi connectivity index (χ0n) is 17.4. The number of thioether (sulfide) groups is 1. The number of nitrogens with zero attached hydrogens (tertiary/aromatic N) is 3. The van der Waals surface area contributed by atoms with Crippen LogP contribution >= 0.6 is 35.8 Å². The van der Waals surface area contributed by atoms with Crippen molar-refractivity contribution in [2.24, 2.45) is 0 Å². The third-order valence-electron chi connectivity index (χ3n) is 4.97. The summed E-state index contributed by atoms with van der Waals surface area (Å²) < 4.78 is 25.0. The second-order valence-corrected chi connectivity index (χ2v) is 8.71. The molecule has 10 heteroatoms. The highest BCUT2D eigenvalue weighted by Crippen LogP contribution is 2.27. The normalized spacial score (nSPS) is 14.2. The van der Waals surface area contributed by atoms with Gasteiger partial charge in [0.05, 0.1) is 29.8 Å². The molecule has 1 aliphatic rings. The van der Waals surface area contributed by atoms with Crippen LogP contribution in [-0.2, 0) is 4.74 Å². The zero-order chi connectivity index (χ0) is 21.5. The van der Waals surface area contributed by atoms with Crippen LogP contribution in [0.15, 0.2) is 47.6 Å². The number of hydrogen-bond acceptors (Lipinski definition) is 7.